The van der Waals surface area contributed by atoms with Crippen LogP contribution >= 0.6 is 27.5 Å². The van der Waals surface area contributed by atoms with Crippen LogP contribution in [0.1, 0.15) is 0 Å². The van der Waals surface area contributed by atoms with Crippen molar-refractivity contribution in [3.05, 3.63) is 27.7 Å². The Morgan fingerprint density at radius 3 is 2.60 bits per heavy atom. The van der Waals surface area contributed by atoms with Gasteiger partial charge in [0, 0.05) is 4.47 Å². The SMILES string of the molecule is N#CC(C#N)=NNc1ccc(Br)c(Cl)c1. The molecule has 0 aliphatic heterocycles. The predicted octanol–water partition coefficient (Wildman–Crippen LogP) is 2.92. The van der Waals surface area contributed by atoms with E-state index in [9.17, 15) is 0 Å². The van der Waals surface area contributed by atoms with Crippen molar-refractivity contribution < 1.29 is 0 Å². The van der Waals surface area contributed by atoms with E-state index in [1.807, 2.05) is 0 Å². The Bertz CT molecular complexity index is 468. The third kappa shape index (κ3) is 3.25. The molecule has 0 bridgehead atoms. The van der Waals surface area contributed by atoms with Crippen molar-refractivity contribution in [3.8, 4) is 12.1 Å². The zero-order valence-electron chi connectivity index (χ0n) is 7.33. The molecule has 0 aromatic heterocycles. The van der Waals surface area contributed by atoms with E-state index < -0.39 is 0 Å². The number of rotatable bonds is 2. The first-order chi connectivity index (χ1) is 7.17. The third-order valence-corrected chi connectivity index (χ3v) is 2.66. The van der Waals surface area contributed by atoms with Gasteiger partial charge in [0.1, 0.15) is 12.1 Å². The summed E-state index contributed by atoms with van der Waals surface area (Å²) in [6.07, 6.45) is 0. The monoisotopic (exact) mass is 282 g/mol. The van der Waals surface area contributed by atoms with E-state index >= 15 is 0 Å². The molecule has 0 aliphatic rings. The molecular formula is C9H4BrClN4. The minimum absolute atomic E-state index is 0.242. The minimum Gasteiger partial charge on any atom is -0.276 e. The standard InChI is InChI=1S/C9H4BrClN4/c10-8-2-1-6(3-9(8)11)14-15-7(4-12)5-13/h1-3,14H. The zero-order valence-corrected chi connectivity index (χ0v) is 9.67. The molecule has 1 aromatic carbocycles. The molecule has 0 spiro atoms. The van der Waals surface area contributed by atoms with Gasteiger partial charge in [0.15, 0.2) is 0 Å². The van der Waals surface area contributed by atoms with Crippen molar-refractivity contribution in [2.24, 2.45) is 5.10 Å². The minimum atomic E-state index is -0.242. The molecule has 0 amide bonds. The molecule has 0 heterocycles. The van der Waals surface area contributed by atoms with Crippen molar-refractivity contribution in [3.63, 3.8) is 0 Å². The van der Waals surface area contributed by atoms with E-state index in [0.29, 0.717) is 10.7 Å². The maximum Gasteiger partial charge on any atom is 0.237 e. The first-order valence-corrected chi connectivity index (χ1v) is 4.93. The van der Waals surface area contributed by atoms with E-state index in [1.165, 1.54) is 0 Å². The van der Waals surface area contributed by atoms with Crippen LogP contribution in [0.5, 0.6) is 0 Å². The summed E-state index contributed by atoms with van der Waals surface area (Å²) in [6.45, 7) is 0. The molecule has 6 heteroatoms. The van der Waals surface area contributed by atoms with Gasteiger partial charge in [-0.2, -0.15) is 15.6 Å². The van der Waals surface area contributed by atoms with Crippen LogP contribution in [0.4, 0.5) is 5.69 Å². The first kappa shape index (κ1) is 11.5. The van der Waals surface area contributed by atoms with Crippen LogP contribution < -0.4 is 5.43 Å². The van der Waals surface area contributed by atoms with Crippen LogP contribution in [0.2, 0.25) is 5.02 Å². The van der Waals surface area contributed by atoms with E-state index in [2.05, 4.69) is 26.5 Å². The van der Waals surface area contributed by atoms with Gasteiger partial charge in [-0.3, -0.25) is 5.43 Å². The molecule has 0 aliphatic carbocycles. The number of anilines is 1. The zero-order chi connectivity index (χ0) is 11.3. The summed E-state index contributed by atoms with van der Waals surface area (Å²) in [7, 11) is 0. The maximum atomic E-state index is 8.43. The molecule has 1 N–H and O–H groups in total. The summed E-state index contributed by atoms with van der Waals surface area (Å²) in [4.78, 5) is 0. The van der Waals surface area contributed by atoms with Gasteiger partial charge >= 0.3 is 0 Å². The number of hydrogen-bond donors (Lipinski definition) is 1. The highest BCUT2D eigenvalue weighted by Crippen LogP contribution is 2.25. The Morgan fingerprint density at radius 2 is 2.07 bits per heavy atom. The lowest BCUT2D eigenvalue weighted by atomic mass is 10.3. The Balaban J connectivity index is 2.84. The average Bonchev–Trinajstić information content (AvgIpc) is 2.24. The van der Waals surface area contributed by atoms with E-state index in [4.69, 9.17) is 22.1 Å². The molecule has 0 saturated carbocycles. The molecule has 1 aromatic rings. The molecule has 74 valence electrons. The molecular weight excluding hydrogens is 279 g/mol. The van der Waals surface area contributed by atoms with Gasteiger partial charge in [-0.1, -0.05) is 11.6 Å². The van der Waals surface area contributed by atoms with Crippen molar-refractivity contribution in [2.75, 3.05) is 5.43 Å². The lowest BCUT2D eigenvalue weighted by molar-refractivity contribution is 1.33. The largest absolute Gasteiger partial charge is 0.276 e. The van der Waals surface area contributed by atoms with Crippen LogP contribution in [0.25, 0.3) is 0 Å². The predicted molar refractivity (Wildman–Crippen MR) is 61.4 cm³/mol. The van der Waals surface area contributed by atoms with E-state index in [1.54, 1.807) is 30.3 Å². The summed E-state index contributed by atoms with van der Waals surface area (Å²) in [5.74, 6) is 0. The Kier molecular flexibility index (Phi) is 4.11. The van der Waals surface area contributed by atoms with E-state index in [-0.39, 0.29) is 5.71 Å². The number of nitrogens with one attached hydrogen (secondary N) is 1. The van der Waals surface area contributed by atoms with Crippen LogP contribution in [0.3, 0.4) is 0 Å². The van der Waals surface area contributed by atoms with Gasteiger partial charge in [-0.05, 0) is 34.1 Å². The molecule has 15 heavy (non-hydrogen) atoms. The third-order valence-electron chi connectivity index (χ3n) is 1.43. The van der Waals surface area contributed by atoms with Crippen molar-refractivity contribution in [1.82, 2.24) is 0 Å². The Morgan fingerprint density at radius 1 is 1.40 bits per heavy atom. The van der Waals surface area contributed by atoms with Gasteiger partial charge in [-0.25, -0.2) is 0 Å². The molecule has 4 nitrogen and oxygen atoms in total. The number of nitrogens with zero attached hydrogens (tertiary/aromatic N) is 3. The highest BCUT2D eigenvalue weighted by molar-refractivity contribution is 9.10. The molecule has 0 atom stereocenters. The second kappa shape index (κ2) is 5.35. The first-order valence-electron chi connectivity index (χ1n) is 3.76. The van der Waals surface area contributed by atoms with Gasteiger partial charge in [0.2, 0.25) is 5.71 Å². The van der Waals surface area contributed by atoms with Gasteiger partial charge in [-0.15, -0.1) is 0 Å². The van der Waals surface area contributed by atoms with Gasteiger partial charge < -0.3 is 0 Å². The molecule has 0 saturated heterocycles. The smallest absolute Gasteiger partial charge is 0.237 e. The van der Waals surface area contributed by atoms with Gasteiger partial charge in [0.05, 0.1) is 10.7 Å². The second-order valence-corrected chi connectivity index (χ2v) is 3.69. The fourth-order valence-electron chi connectivity index (χ4n) is 0.761. The Hall–Kier alpha value is -1.56. The van der Waals surface area contributed by atoms with Crippen LogP contribution in [-0.4, -0.2) is 5.71 Å². The summed E-state index contributed by atoms with van der Waals surface area (Å²) in [5.41, 5.74) is 2.91. The van der Waals surface area contributed by atoms with Crippen molar-refractivity contribution in [1.29, 1.82) is 10.5 Å². The topological polar surface area (TPSA) is 72.0 Å². The van der Waals surface area contributed by atoms with Crippen molar-refractivity contribution in [2.45, 2.75) is 0 Å². The highest BCUT2D eigenvalue weighted by atomic mass is 79.9. The number of nitriles is 2. The number of halogens is 2. The van der Waals surface area contributed by atoms with Crippen LogP contribution in [0, 0.1) is 22.7 Å². The summed E-state index contributed by atoms with van der Waals surface area (Å²) < 4.78 is 0.763. The summed E-state index contributed by atoms with van der Waals surface area (Å²) >= 11 is 9.07. The molecule has 1 rings (SSSR count). The summed E-state index contributed by atoms with van der Waals surface area (Å²) in [5, 5.41) is 20.9. The Labute approximate surface area is 99.9 Å². The normalized spacial score (nSPS) is 8.53. The number of hydrazone groups is 1. The number of benzene rings is 1. The lowest BCUT2D eigenvalue weighted by Crippen LogP contribution is -1.96. The second-order valence-electron chi connectivity index (χ2n) is 2.42. The van der Waals surface area contributed by atoms with Crippen molar-refractivity contribution >= 4 is 38.9 Å². The van der Waals surface area contributed by atoms with Crippen LogP contribution in [-0.2, 0) is 0 Å². The average molecular weight is 284 g/mol. The fraction of sp³-hybridized carbons (Fsp3) is 0. The number of hydrogen-bond acceptors (Lipinski definition) is 4. The summed E-state index contributed by atoms with van der Waals surface area (Å²) in [6, 6.07) is 8.34. The molecule has 0 radical (unpaired) electrons. The van der Waals surface area contributed by atoms with Crippen LogP contribution in [0.15, 0.2) is 27.8 Å². The van der Waals surface area contributed by atoms with E-state index in [0.717, 1.165) is 4.47 Å². The lowest BCUT2D eigenvalue weighted by Gasteiger charge is -2.01. The fourth-order valence-corrected chi connectivity index (χ4v) is 1.19. The quantitative estimate of drug-likeness (QED) is 0.670. The molecule has 0 unspecified atom stereocenters. The molecule has 0 fully saturated rings. The van der Waals surface area contributed by atoms with Gasteiger partial charge in [0.25, 0.3) is 0 Å². The highest BCUT2D eigenvalue weighted by Gasteiger charge is 1.98. The maximum absolute atomic E-state index is 8.43.